The monoisotopic (exact) mass is 253 g/mol. The number of terminal acetylenes is 1. The lowest BCUT2D eigenvalue weighted by Gasteiger charge is -2.11. The Kier molecular flexibility index (Phi) is 4.16. The van der Waals surface area contributed by atoms with Gasteiger partial charge in [0.1, 0.15) is 5.75 Å². The lowest BCUT2D eigenvalue weighted by molar-refractivity contribution is 0.324. The number of aryl methyl sites for hydroxylation is 2. The van der Waals surface area contributed by atoms with E-state index in [1.807, 2.05) is 0 Å². The molecule has 0 amide bonds. The molecule has 0 atom stereocenters. The topological polar surface area (TPSA) is 69.4 Å². The fourth-order valence-electron chi connectivity index (χ4n) is 1.45. The van der Waals surface area contributed by atoms with Gasteiger partial charge >= 0.3 is 0 Å². The van der Waals surface area contributed by atoms with Gasteiger partial charge in [-0.15, -0.1) is 12.3 Å². The first-order chi connectivity index (χ1) is 7.86. The van der Waals surface area contributed by atoms with Crippen molar-refractivity contribution in [2.75, 3.05) is 6.61 Å². The van der Waals surface area contributed by atoms with Crippen LogP contribution in [0.15, 0.2) is 17.0 Å². The highest BCUT2D eigenvalue weighted by atomic mass is 32.2. The van der Waals surface area contributed by atoms with Crippen LogP contribution in [0.4, 0.5) is 0 Å². The number of primary sulfonamides is 1. The largest absolute Gasteiger partial charge is 0.492 e. The highest BCUT2D eigenvalue weighted by Crippen LogP contribution is 2.25. The van der Waals surface area contributed by atoms with E-state index in [-0.39, 0.29) is 4.90 Å². The van der Waals surface area contributed by atoms with Crippen molar-refractivity contribution < 1.29 is 13.2 Å². The highest BCUT2D eigenvalue weighted by molar-refractivity contribution is 7.89. The number of nitrogens with two attached hydrogens (primary N) is 1. The predicted octanol–water partition coefficient (Wildman–Crippen LogP) is 1.35. The predicted molar refractivity (Wildman–Crippen MR) is 66.2 cm³/mol. The molecule has 0 fully saturated rings. The normalized spacial score (nSPS) is 10.9. The van der Waals surface area contributed by atoms with E-state index in [1.54, 1.807) is 19.9 Å². The SMILES string of the molecule is C#CCCOc1cc(C)c(S(N)(=O)=O)cc1C. The maximum atomic E-state index is 11.3. The van der Waals surface area contributed by atoms with Gasteiger partial charge in [0.05, 0.1) is 11.5 Å². The second-order valence-corrected chi connectivity index (χ2v) is 5.26. The molecule has 0 aliphatic carbocycles. The van der Waals surface area contributed by atoms with E-state index < -0.39 is 10.0 Å². The van der Waals surface area contributed by atoms with Crippen LogP contribution in [0, 0.1) is 26.2 Å². The maximum Gasteiger partial charge on any atom is 0.238 e. The number of hydrogen-bond donors (Lipinski definition) is 1. The quantitative estimate of drug-likeness (QED) is 0.650. The zero-order chi connectivity index (χ0) is 13.1. The summed E-state index contributed by atoms with van der Waals surface area (Å²) in [7, 11) is -3.69. The number of rotatable bonds is 4. The second-order valence-electron chi connectivity index (χ2n) is 3.73. The molecule has 0 heterocycles. The Labute approximate surface area is 102 Å². The number of sulfonamides is 1. The molecule has 1 aromatic carbocycles. The highest BCUT2D eigenvalue weighted by Gasteiger charge is 2.14. The third-order valence-corrected chi connectivity index (χ3v) is 3.34. The summed E-state index contributed by atoms with van der Waals surface area (Å²) in [5.41, 5.74) is 1.28. The average molecular weight is 253 g/mol. The first kappa shape index (κ1) is 13.6. The van der Waals surface area contributed by atoms with E-state index in [0.717, 1.165) is 5.56 Å². The van der Waals surface area contributed by atoms with Gasteiger partial charge in [0, 0.05) is 6.42 Å². The summed E-state index contributed by atoms with van der Waals surface area (Å²) in [5, 5.41) is 5.10. The third kappa shape index (κ3) is 3.48. The van der Waals surface area contributed by atoms with Gasteiger partial charge in [-0.05, 0) is 37.1 Å². The summed E-state index contributed by atoms with van der Waals surface area (Å²) in [6.07, 6.45) is 5.63. The van der Waals surface area contributed by atoms with E-state index in [4.69, 9.17) is 16.3 Å². The Balaban J connectivity index is 3.07. The van der Waals surface area contributed by atoms with Crippen molar-refractivity contribution in [1.82, 2.24) is 0 Å². The standard InChI is InChI=1S/C12H15NO3S/c1-4-5-6-16-11-7-10(3)12(8-9(11)2)17(13,14)15/h1,7-8H,5-6H2,2-3H3,(H2,13,14,15). The molecule has 4 nitrogen and oxygen atoms in total. The van der Waals surface area contributed by atoms with Crippen LogP contribution < -0.4 is 9.88 Å². The van der Waals surface area contributed by atoms with Crippen LogP contribution in [0.3, 0.4) is 0 Å². The molecule has 5 heteroatoms. The number of ether oxygens (including phenoxy) is 1. The number of benzene rings is 1. The van der Waals surface area contributed by atoms with Crippen LogP contribution in [-0.2, 0) is 10.0 Å². The Morgan fingerprint density at radius 2 is 2.00 bits per heavy atom. The van der Waals surface area contributed by atoms with Crippen molar-refractivity contribution in [3.8, 4) is 18.1 Å². The molecule has 0 saturated carbocycles. The molecule has 0 radical (unpaired) electrons. The zero-order valence-electron chi connectivity index (χ0n) is 9.86. The summed E-state index contributed by atoms with van der Waals surface area (Å²) in [5.74, 6) is 3.10. The van der Waals surface area contributed by atoms with Crippen LogP contribution in [-0.4, -0.2) is 15.0 Å². The Hall–Kier alpha value is -1.51. The van der Waals surface area contributed by atoms with Crippen LogP contribution in [0.25, 0.3) is 0 Å². The van der Waals surface area contributed by atoms with E-state index in [1.165, 1.54) is 6.07 Å². The van der Waals surface area contributed by atoms with E-state index >= 15 is 0 Å². The molecule has 17 heavy (non-hydrogen) atoms. The van der Waals surface area contributed by atoms with Crippen molar-refractivity contribution in [2.45, 2.75) is 25.2 Å². The summed E-state index contributed by atoms with van der Waals surface area (Å²) < 4.78 is 28.0. The molecule has 0 aliphatic rings. The molecule has 0 saturated heterocycles. The molecule has 92 valence electrons. The van der Waals surface area contributed by atoms with Gasteiger partial charge < -0.3 is 4.74 Å². The molecule has 2 N–H and O–H groups in total. The molecule has 0 aliphatic heterocycles. The van der Waals surface area contributed by atoms with Gasteiger partial charge in [-0.2, -0.15) is 0 Å². The van der Waals surface area contributed by atoms with Crippen molar-refractivity contribution in [3.63, 3.8) is 0 Å². The third-order valence-electron chi connectivity index (χ3n) is 2.28. The molecular formula is C12H15NO3S. The smallest absolute Gasteiger partial charge is 0.238 e. The number of hydrogen-bond acceptors (Lipinski definition) is 3. The fourth-order valence-corrected chi connectivity index (χ4v) is 2.29. The Morgan fingerprint density at radius 1 is 1.35 bits per heavy atom. The average Bonchev–Trinajstić information content (AvgIpc) is 2.21. The fraction of sp³-hybridized carbons (Fsp3) is 0.333. The van der Waals surface area contributed by atoms with Gasteiger partial charge in [-0.3, -0.25) is 0 Å². The van der Waals surface area contributed by atoms with Crippen molar-refractivity contribution in [3.05, 3.63) is 23.3 Å². The Morgan fingerprint density at radius 3 is 2.53 bits per heavy atom. The van der Waals surface area contributed by atoms with Gasteiger partial charge in [0.2, 0.25) is 10.0 Å². The van der Waals surface area contributed by atoms with Crippen LogP contribution in [0.1, 0.15) is 17.5 Å². The maximum absolute atomic E-state index is 11.3. The first-order valence-corrected chi connectivity index (χ1v) is 6.61. The van der Waals surface area contributed by atoms with Crippen molar-refractivity contribution in [1.29, 1.82) is 0 Å². The van der Waals surface area contributed by atoms with Crippen LogP contribution in [0.2, 0.25) is 0 Å². The lowest BCUT2D eigenvalue weighted by Crippen LogP contribution is -2.14. The molecule has 0 spiro atoms. The molecule has 1 rings (SSSR count). The summed E-state index contributed by atoms with van der Waals surface area (Å²) in [6.45, 7) is 3.85. The van der Waals surface area contributed by atoms with E-state index in [9.17, 15) is 8.42 Å². The van der Waals surface area contributed by atoms with Crippen LogP contribution >= 0.6 is 0 Å². The minimum absolute atomic E-state index is 0.124. The molecular weight excluding hydrogens is 238 g/mol. The molecule has 1 aromatic rings. The molecule has 0 aromatic heterocycles. The van der Waals surface area contributed by atoms with Crippen molar-refractivity contribution in [2.24, 2.45) is 5.14 Å². The van der Waals surface area contributed by atoms with Crippen LogP contribution in [0.5, 0.6) is 5.75 Å². The van der Waals surface area contributed by atoms with Gasteiger partial charge in [-0.25, -0.2) is 13.6 Å². The lowest BCUT2D eigenvalue weighted by atomic mass is 10.1. The van der Waals surface area contributed by atoms with Crippen molar-refractivity contribution >= 4 is 10.0 Å². The minimum Gasteiger partial charge on any atom is -0.492 e. The minimum atomic E-state index is -3.69. The second kappa shape index (κ2) is 5.21. The van der Waals surface area contributed by atoms with Gasteiger partial charge in [-0.1, -0.05) is 0 Å². The summed E-state index contributed by atoms with van der Waals surface area (Å²) in [6, 6.07) is 3.17. The zero-order valence-corrected chi connectivity index (χ0v) is 10.7. The Bertz CT molecular complexity index is 556. The summed E-state index contributed by atoms with van der Waals surface area (Å²) >= 11 is 0. The molecule has 0 unspecified atom stereocenters. The van der Waals surface area contributed by atoms with Gasteiger partial charge in [0.25, 0.3) is 0 Å². The first-order valence-electron chi connectivity index (χ1n) is 5.06. The van der Waals surface area contributed by atoms with Gasteiger partial charge in [0.15, 0.2) is 0 Å². The van der Waals surface area contributed by atoms with E-state index in [0.29, 0.717) is 24.3 Å². The van der Waals surface area contributed by atoms with E-state index in [2.05, 4.69) is 5.92 Å². The summed E-state index contributed by atoms with van der Waals surface area (Å²) in [4.78, 5) is 0.124. The molecule has 0 bridgehead atoms.